The molecular weight excluding hydrogens is 258 g/mol. The highest BCUT2D eigenvalue weighted by atomic mass is 32.2. The second-order valence-corrected chi connectivity index (χ2v) is 6.94. The normalized spacial score (nSPS) is 30.9. The van der Waals surface area contributed by atoms with E-state index in [0.717, 1.165) is 23.8 Å². The maximum absolute atomic E-state index is 9.86. The average molecular weight is 281 g/mol. The highest BCUT2D eigenvalue weighted by Crippen LogP contribution is 2.40. The predicted molar refractivity (Wildman–Crippen MR) is 77.2 cm³/mol. The summed E-state index contributed by atoms with van der Waals surface area (Å²) in [6.07, 6.45) is 11.0. The number of aromatic nitrogens is 2. The van der Waals surface area contributed by atoms with E-state index in [9.17, 15) is 5.11 Å². The molecule has 1 aromatic rings. The quantitative estimate of drug-likeness (QED) is 0.670. The standard InChI is InChI=1S/C14H23N3OS/c18-10-14(17-12-3-4-12)6-1-2-11(14)5-9-19-13-15-7-8-16-13/h7-8,11-12,17-18H,1-6,9-10H2,(H,15,16). The molecule has 4 nitrogen and oxygen atoms in total. The number of imidazole rings is 1. The summed E-state index contributed by atoms with van der Waals surface area (Å²) in [6.45, 7) is 0.291. The van der Waals surface area contributed by atoms with Crippen LogP contribution < -0.4 is 5.32 Å². The largest absolute Gasteiger partial charge is 0.394 e. The van der Waals surface area contributed by atoms with Crippen LogP contribution in [0.1, 0.15) is 38.5 Å². The molecule has 2 aliphatic carbocycles. The van der Waals surface area contributed by atoms with Gasteiger partial charge in [-0.15, -0.1) is 0 Å². The van der Waals surface area contributed by atoms with Gasteiger partial charge in [0.05, 0.1) is 6.61 Å². The first-order valence-electron chi connectivity index (χ1n) is 7.33. The van der Waals surface area contributed by atoms with Crippen LogP contribution in [-0.2, 0) is 0 Å². The molecule has 2 atom stereocenters. The van der Waals surface area contributed by atoms with Crippen LogP contribution in [0.4, 0.5) is 0 Å². The lowest BCUT2D eigenvalue weighted by Crippen LogP contribution is -2.52. The van der Waals surface area contributed by atoms with E-state index >= 15 is 0 Å². The zero-order valence-corrected chi connectivity index (χ0v) is 12.1. The van der Waals surface area contributed by atoms with Gasteiger partial charge in [-0.2, -0.15) is 0 Å². The number of thioether (sulfide) groups is 1. The Labute approximate surface area is 118 Å². The molecule has 2 saturated carbocycles. The van der Waals surface area contributed by atoms with Crippen LogP contribution in [0.2, 0.25) is 0 Å². The Morgan fingerprint density at radius 1 is 1.47 bits per heavy atom. The zero-order chi connectivity index (χ0) is 13.1. The van der Waals surface area contributed by atoms with Crippen molar-refractivity contribution in [2.75, 3.05) is 12.4 Å². The summed E-state index contributed by atoms with van der Waals surface area (Å²) in [5, 5.41) is 14.6. The fourth-order valence-electron chi connectivity index (χ4n) is 3.27. The summed E-state index contributed by atoms with van der Waals surface area (Å²) in [4.78, 5) is 7.36. The Hall–Kier alpha value is -0.520. The second kappa shape index (κ2) is 5.85. The van der Waals surface area contributed by atoms with Crippen molar-refractivity contribution < 1.29 is 5.11 Å². The number of rotatable bonds is 7. The van der Waals surface area contributed by atoms with Crippen LogP contribution in [0.5, 0.6) is 0 Å². The van der Waals surface area contributed by atoms with Gasteiger partial charge in [0.2, 0.25) is 0 Å². The van der Waals surface area contributed by atoms with E-state index in [0.29, 0.717) is 18.6 Å². The molecule has 5 heteroatoms. The van der Waals surface area contributed by atoms with Crippen molar-refractivity contribution in [1.29, 1.82) is 0 Å². The number of nitrogens with zero attached hydrogens (tertiary/aromatic N) is 1. The molecule has 1 heterocycles. The fraction of sp³-hybridized carbons (Fsp3) is 0.786. The average Bonchev–Trinajstić information content (AvgIpc) is 2.92. The summed E-state index contributed by atoms with van der Waals surface area (Å²) >= 11 is 1.78. The molecule has 0 saturated heterocycles. The van der Waals surface area contributed by atoms with Gasteiger partial charge < -0.3 is 15.4 Å². The van der Waals surface area contributed by atoms with Gasteiger partial charge in [0.1, 0.15) is 0 Å². The van der Waals surface area contributed by atoms with Crippen molar-refractivity contribution in [2.24, 2.45) is 5.92 Å². The van der Waals surface area contributed by atoms with Crippen LogP contribution in [0.15, 0.2) is 17.6 Å². The van der Waals surface area contributed by atoms with Crippen molar-refractivity contribution >= 4 is 11.8 Å². The lowest BCUT2D eigenvalue weighted by molar-refractivity contribution is 0.120. The lowest BCUT2D eigenvalue weighted by Gasteiger charge is -2.35. The maximum Gasteiger partial charge on any atom is 0.165 e. The van der Waals surface area contributed by atoms with E-state index in [1.54, 1.807) is 18.0 Å². The van der Waals surface area contributed by atoms with Gasteiger partial charge in [0, 0.05) is 29.7 Å². The number of nitrogens with one attached hydrogen (secondary N) is 2. The monoisotopic (exact) mass is 281 g/mol. The van der Waals surface area contributed by atoms with Gasteiger partial charge in [-0.05, 0) is 38.0 Å². The van der Waals surface area contributed by atoms with Crippen LogP contribution in [0, 0.1) is 5.92 Å². The molecule has 3 rings (SSSR count). The maximum atomic E-state index is 9.86. The van der Waals surface area contributed by atoms with E-state index in [1.165, 1.54) is 25.7 Å². The van der Waals surface area contributed by atoms with Crippen LogP contribution >= 0.6 is 11.8 Å². The third kappa shape index (κ3) is 3.15. The van der Waals surface area contributed by atoms with Gasteiger partial charge in [0.25, 0.3) is 0 Å². The Morgan fingerprint density at radius 2 is 2.37 bits per heavy atom. The summed E-state index contributed by atoms with van der Waals surface area (Å²) in [7, 11) is 0. The third-order valence-electron chi connectivity index (χ3n) is 4.49. The Morgan fingerprint density at radius 3 is 3.05 bits per heavy atom. The van der Waals surface area contributed by atoms with Crippen LogP contribution in [-0.4, -0.2) is 39.0 Å². The van der Waals surface area contributed by atoms with Crippen molar-refractivity contribution in [3.63, 3.8) is 0 Å². The molecule has 0 aromatic carbocycles. The number of H-pyrrole nitrogens is 1. The van der Waals surface area contributed by atoms with Crippen molar-refractivity contribution in [3.8, 4) is 0 Å². The summed E-state index contributed by atoms with van der Waals surface area (Å²) in [6, 6.07) is 0.672. The number of hydrogen-bond acceptors (Lipinski definition) is 4. The van der Waals surface area contributed by atoms with Gasteiger partial charge in [0.15, 0.2) is 5.16 Å². The first kappa shape index (κ1) is 13.5. The van der Waals surface area contributed by atoms with E-state index in [2.05, 4.69) is 15.3 Å². The van der Waals surface area contributed by atoms with Crippen molar-refractivity contribution in [1.82, 2.24) is 15.3 Å². The minimum Gasteiger partial charge on any atom is -0.394 e. The molecule has 2 aliphatic rings. The first-order valence-corrected chi connectivity index (χ1v) is 8.32. The van der Waals surface area contributed by atoms with Gasteiger partial charge >= 0.3 is 0 Å². The minimum absolute atomic E-state index is 0.00485. The molecule has 1 aromatic heterocycles. The fourth-order valence-corrected chi connectivity index (χ4v) is 4.15. The molecule has 0 bridgehead atoms. The number of aliphatic hydroxyl groups excluding tert-OH is 1. The minimum atomic E-state index is 0.00485. The van der Waals surface area contributed by atoms with Crippen LogP contribution in [0.3, 0.4) is 0 Å². The van der Waals surface area contributed by atoms with E-state index < -0.39 is 0 Å². The topological polar surface area (TPSA) is 60.9 Å². The molecule has 3 N–H and O–H groups in total. The lowest BCUT2D eigenvalue weighted by atomic mass is 9.85. The van der Waals surface area contributed by atoms with Crippen molar-refractivity contribution in [2.45, 2.75) is 55.3 Å². The van der Waals surface area contributed by atoms with Crippen LogP contribution in [0.25, 0.3) is 0 Å². The summed E-state index contributed by atoms with van der Waals surface area (Å²) < 4.78 is 0. The molecular formula is C14H23N3OS. The molecule has 0 amide bonds. The highest BCUT2D eigenvalue weighted by molar-refractivity contribution is 7.99. The van der Waals surface area contributed by atoms with Gasteiger partial charge in [-0.1, -0.05) is 18.2 Å². The molecule has 2 unspecified atom stereocenters. The summed E-state index contributed by atoms with van der Waals surface area (Å²) in [5.41, 5.74) is 0.00485. The Balaban J connectivity index is 1.52. The van der Waals surface area contributed by atoms with Gasteiger partial charge in [-0.3, -0.25) is 0 Å². The Kier molecular flexibility index (Phi) is 4.15. The molecule has 0 spiro atoms. The number of aromatic amines is 1. The molecule has 0 radical (unpaired) electrons. The molecule has 106 valence electrons. The Bertz CT molecular complexity index is 393. The van der Waals surface area contributed by atoms with E-state index in [4.69, 9.17) is 0 Å². The third-order valence-corrected chi connectivity index (χ3v) is 5.42. The highest BCUT2D eigenvalue weighted by Gasteiger charge is 2.44. The smallest absolute Gasteiger partial charge is 0.165 e. The number of hydrogen-bond donors (Lipinski definition) is 3. The van der Waals surface area contributed by atoms with Gasteiger partial charge in [-0.25, -0.2) is 4.98 Å². The van der Waals surface area contributed by atoms with E-state index in [1.807, 2.05) is 6.20 Å². The number of aliphatic hydroxyl groups is 1. The first-order chi connectivity index (χ1) is 9.32. The molecule has 2 fully saturated rings. The van der Waals surface area contributed by atoms with E-state index in [-0.39, 0.29) is 5.54 Å². The predicted octanol–water partition coefficient (Wildman–Crippen LogP) is 2.18. The molecule has 0 aliphatic heterocycles. The summed E-state index contributed by atoms with van der Waals surface area (Å²) in [5.74, 6) is 1.69. The second-order valence-electron chi connectivity index (χ2n) is 5.85. The SMILES string of the molecule is OCC1(NC2CC2)CCCC1CCSc1ncc[nH]1. The molecule has 19 heavy (non-hydrogen) atoms. The van der Waals surface area contributed by atoms with Crippen molar-refractivity contribution in [3.05, 3.63) is 12.4 Å². The zero-order valence-electron chi connectivity index (χ0n) is 11.3.